The van der Waals surface area contributed by atoms with Crippen LogP contribution in [-0.4, -0.2) is 26.2 Å². The third kappa shape index (κ3) is 3.00. The molecule has 0 aliphatic rings. The molecule has 19 heavy (non-hydrogen) atoms. The Morgan fingerprint density at radius 3 is 2.89 bits per heavy atom. The number of rotatable bonds is 4. The molecule has 0 aliphatic carbocycles. The number of hydrogen-bond acceptors (Lipinski definition) is 6. The Balaban J connectivity index is 2.30. The first kappa shape index (κ1) is 12.4. The fourth-order valence-corrected chi connectivity index (χ4v) is 1.31. The minimum absolute atomic E-state index is 0.00362. The van der Waals surface area contributed by atoms with Crippen LogP contribution in [0.4, 0.5) is 5.69 Å². The van der Waals surface area contributed by atoms with Crippen molar-refractivity contribution in [2.24, 2.45) is 0 Å². The lowest BCUT2D eigenvalue weighted by Crippen LogP contribution is -1.88. The van der Waals surface area contributed by atoms with Crippen LogP contribution in [0.25, 0.3) is 17.5 Å². The van der Waals surface area contributed by atoms with E-state index in [9.17, 15) is 14.9 Å². The first-order chi connectivity index (χ1) is 9.06. The standard InChI is InChI=1S/C11H7N3O5/c15-10(16)5-4-9-12-13-11(19-9)7-2-1-3-8(6-7)14(17)18/h1-6H,(H,15,16)/b5-4+. The summed E-state index contributed by atoms with van der Waals surface area (Å²) < 4.78 is 5.16. The number of carbonyl (C=O) groups is 1. The summed E-state index contributed by atoms with van der Waals surface area (Å²) in [6.07, 6.45) is 1.99. The van der Waals surface area contributed by atoms with Crippen LogP contribution >= 0.6 is 0 Å². The second kappa shape index (κ2) is 5.08. The minimum atomic E-state index is -1.14. The molecule has 0 spiro atoms. The maximum absolute atomic E-state index is 10.6. The molecule has 2 aromatic rings. The highest BCUT2D eigenvalue weighted by Gasteiger charge is 2.11. The van der Waals surface area contributed by atoms with Crippen LogP contribution in [0.1, 0.15) is 5.89 Å². The Bertz CT molecular complexity index is 662. The van der Waals surface area contributed by atoms with Crippen molar-refractivity contribution in [3.8, 4) is 11.5 Å². The van der Waals surface area contributed by atoms with E-state index in [-0.39, 0.29) is 17.5 Å². The van der Waals surface area contributed by atoms with Gasteiger partial charge in [-0.3, -0.25) is 10.1 Å². The molecule has 0 saturated heterocycles. The SMILES string of the molecule is O=C(O)/C=C/c1nnc(-c2cccc([N+](=O)[O-])c2)o1. The predicted molar refractivity (Wildman–Crippen MR) is 63.1 cm³/mol. The highest BCUT2D eigenvalue weighted by Crippen LogP contribution is 2.22. The summed E-state index contributed by atoms with van der Waals surface area (Å²) in [4.78, 5) is 20.4. The summed E-state index contributed by atoms with van der Waals surface area (Å²) in [7, 11) is 0. The third-order valence-electron chi connectivity index (χ3n) is 2.11. The summed E-state index contributed by atoms with van der Waals surface area (Å²) in [5.74, 6) is -1.06. The van der Waals surface area contributed by atoms with Crippen molar-refractivity contribution in [3.05, 3.63) is 46.3 Å². The summed E-state index contributed by atoms with van der Waals surface area (Å²) in [6, 6.07) is 5.69. The highest BCUT2D eigenvalue weighted by atomic mass is 16.6. The number of aromatic nitrogens is 2. The molecule has 8 nitrogen and oxygen atoms in total. The van der Waals surface area contributed by atoms with E-state index in [1.54, 1.807) is 6.07 Å². The number of aliphatic carboxylic acids is 1. The van der Waals surface area contributed by atoms with Crippen LogP contribution in [0.2, 0.25) is 0 Å². The highest BCUT2D eigenvalue weighted by molar-refractivity contribution is 5.84. The van der Waals surface area contributed by atoms with Gasteiger partial charge >= 0.3 is 5.97 Å². The average molecular weight is 261 g/mol. The van der Waals surface area contributed by atoms with Gasteiger partial charge in [0.2, 0.25) is 11.8 Å². The van der Waals surface area contributed by atoms with E-state index < -0.39 is 10.9 Å². The van der Waals surface area contributed by atoms with E-state index >= 15 is 0 Å². The molecule has 1 N–H and O–H groups in total. The third-order valence-corrected chi connectivity index (χ3v) is 2.11. The molecule has 0 radical (unpaired) electrons. The Labute approximate surface area is 106 Å². The molecular formula is C11H7N3O5. The van der Waals surface area contributed by atoms with E-state index in [4.69, 9.17) is 9.52 Å². The maximum atomic E-state index is 10.6. The number of carboxylic acids is 1. The Morgan fingerprint density at radius 2 is 2.21 bits per heavy atom. The first-order valence-corrected chi connectivity index (χ1v) is 5.05. The van der Waals surface area contributed by atoms with Gasteiger partial charge in [-0.2, -0.15) is 0 Å². The van der Waals surface area contributed by atoms with Gasteiger partial charge < -0.3 is 9.52 Å². The van der Waals surface area contributed by atoms with E-state index in [0.717, 1.165) is 12.2 Å². The van der Waals surface area contributed by atoms with Crippen LogP contribution in [0.3, 0.4) is 0 Å². The van der Waals surface area contributed by atoms with Gasteiger partial charge in [-0.25, -0.2) is 4.79 Å². The molecule has 0 fully saturated rings. The number of hydrogen-bond donors (Lipinski definition) is 1. The zero-order chi connectivity index (χ0) is 13.8. The number of non-ortho nitro benzene ring substituents is 1. The smallest absolute Gasteiger partial charge is 0.328 e. The lowest BCUT2D eigenvalue weighted by atomic mass is 10.2. The topological polar surface area (TPSA) is 119 Å². The second-order valence-corrected chi connectivity index (χ2v) is 3.42. The lowest BCUT2D eigenvalue weighted by molar-refractivity contribution is -0.384. The van der Waals surface area contributed by atoms with Gasteiger partial charge in [0.25, 0.3) is 5.69 Å². The van der Waals surface area contributed by atoms with Crippen LogP contribution < -0.4 is 0 Å². The largest absolute Gasteiger partial charge is 0.478 e. The molecule has 96 valence electrons. The van der Waals surface area contributed by atoms with Crippen LogP contribution in [0.5, 0.6) is 0 Å². The van der Waals surface area contributed by atoms with Crippen molar-refractivity contribution < 1.29 is 19.2 Å². The van der Waals surface area contributed by atoms with E-state index in [0.29, 0.717) is 5.56 Å². The van der Waals surface area contributed by atoms with E-state index in [1.807, 2.05) is 0 Å². The molecule has 0 atom stereocenters. The van der Waals surface area contributed by atoms with Crippen molar-refractivity contribution >= 4 is 17.7 Å². The van der Waals surface area contributed by atoms with Gasteiger partial charge in [0, 0.05) is 29.8 Å². The molecule has 0 aliphatic heterocycles. The zero-order valence-corrected chi connectivity index (χ0v) is 9.39. The molecule has 1 aromatic heterocycles. The fraction of sp³-hybridized carbons (Fsp3) is 0. The fourth-order valence-electron chi connectivity index (χ4n) is 1.31. The minimum Gasteiger partial charge on any atom is -0.478 e. The van der Waals surface area contributed by atoms with Crippen molar-refractivity contribution in [3.63, 3.8) is 0 Å². The van der Waals surface area contributed by atoms with E-state index in [1.165, 1.54) is 18.2 Å². The molecule has 0 unspecified atom stereocenters. The van der Waals surface area contributed by atoms with Gasteiger partial charge in [-0.05, 0) is 6.07 Å². The van der Waals surface area contributed by atoms with Crippen LogP contribution in [0.15, 0.2) is 34.8 Å². The lowest BCUT2D eigenvalue weighted by Gasteiger charge is -1.94. The Morgan fingerprint density at radius 1 is 1.42 bits per heavy atom. The van der Waals surface area contributed by atoms with Crippen molar-refractivity contribution in [1.82, 2.24) is 10.2 Å². The Kier molecular flexibility index (Phi) is 3.33. The maximum Gasteiger partial charge on any atom is 0.328 e. The Hall–Kier alpha value is -3.03. The number of carboxylic acid groups (broad SMARTS) is 1. The second-order valence-electron chi connectivity index (χ2n) is 3.42. The molecule has 1 aromatic carbocycles. The molecule has 0 saturated carbocycles. The summed E-state index contributed by atoms with van der Waals surface area (Å²) in [5, 5.41) is 26.4. The first-order valence-electron chi connectivity index (χ1n) is 5.05. The molecule has 8 heteroatoms. The van der Waals surface area contributed by atoms with Crippen molar-refractivity contribution in [1.29, 1.82) is 0 Å². The summed E-state index contributed by atoms with van der Waals surface area (Å²) in [5.41, 5.74) is 0.287. The van der Waals surface area contributed by atoms with Gasteiger partial charge in [0.15, 0.2) is 0 Å². The molecule has 1 heterocycles. The predicted octanol–water partition coefficient (Wildman–Crippen LogP) is 1.74. The van der Waals surface area contributed by atoms with Gasteiger partial charge in [-0.15, -0.1) is 10.2 Å². The molecule has 2 rings (SSSR count). The van der Waals surface area contributed by atoms with Gasteiger partial charge in [0.1, 0.15) is 0 Å². The summed E-state index contributed by atoms with van der Waals surface area (Å²) in [6.45, 7) is 0. The number of nitrogens with zero attached hydrogens (tertiary/aromatic N) is 3. The van der Waals surface area contributed by atoms with Gasteiger partial charge in [-0.1, -0.05) is 6.07 Å². The quantitative estimate of drug-likeness (QED) is 0.505. The van der Waals surface area contributed by atoms with Crippen molar-refractivity contribution in [2.45, 2.75) is 0 Å². The average Bonchev–Trinajstić information content (AvgIpc) is 2.85. The molecule has 0 amide bonds. The molecule has 0 bridgehead atoms. The van der Waals surface area contributed by atoms with Gasteiger partial charge in [0.05, 0.1) is 4.92 Å². The zero-order valence-electron chi connectivity index (χ0n) is 9.39. The van der Waals surface area contributed by atoms with Crippen LogP contribution in [0, 0.1) is 10.1 Å². The van der Waals surface area contributed by atoms with Crippen molar-refractivity contribution in [2.75, 3.05) is 0 Å². The number of nitro benzene ring substituents is 1. The number of nitro groups is 1. The number of benzene rings is 1. The normalized spacial score (nSPS) is 10.7. The monoisotopic (exact) mass is 261 g/mol. The van der Waals surface area contributed by atoms with Crippen LogP contribution in [-0.2, 0) is 4.79 Å². The molecular weight excluding hydrogens is 254 g/mol. The summed E-state index contributed by atoms with van der Waals surface area (Å²) >= 11 is 0. The van der Waals surface area contributed by atoms with E-state index in [2.05, 4.69) is 10.2 Å².